The molecule has 0 saturated heterocycles. The number of benzene rings is 1. The third-order valence-electron chi connectivity index (χ3n) is 3.06. The van der Waals surface area contributed by atoms with Gasteiger partial charge >= 0.3 is 5.97 Å². The van der Waals surface area contributed by atoms with Crippen molar-refractivity contribution in [2.45, 2.75) is 19.8 Å². The summed E-state index contributed by atoms with van der Waals surface area (Å²) in [6.07, 6.45) is 1.46. The highest BCUT2D eigenvalue weighted by Gasteiger charge is 2.15. The number of carbonyl (C=O) groups is 1. The Morgan fingerprint density at radius 3 is 2.32 bits per heavy atom. The van der Waals surface area contributed by atoms with E-state index in [1.54, 1.807) is 6.07 Å². The van der Waals surface area contributed by atoms with Gasteiger partial charge in [0.25, 0.3) is 5.56 Å². The fourth-order valence-corrected chi connectivity index (χ4v) is 1.98. The topological polar surface area (TPSA) is 70.2 Å². The van der Waals surface area contributed by atoms with Crippen LogP contribution >= 0.6 is 0 Å². The van der Waals surface area contributed by atoms with E-state index in [9.17, 15) is 9.59 Å². The van der Waals surface area contributed by atoms with Crippen LogP contribution < -0.4 is 5.56 Å². The van der Waals surface area contributed by atoms with Crippen molar-refractivity contribution < 1.29 is 9.90 Å². The van der Waals surface area contributed by atoms with Gasteiger partial charge in [0.05, 0.1) is 0 Å². The van der Waals surface area contributed by atoms with E-state index in [0.29, 0.717) is 11.5 Å². The number of aromatic amines is 1. The first-order valence-corrected chi connectivity index (χ1v) is 6.06. The lowest BCUT2D eigenvalue weighted by molar-refractivity contribution is 0.0696. The van der Waals surface area contributed by atoms with Crippen molar-refractivity contribution in [2.75, 3.05) is 0 Å². The molecular weight excluding hydrogens is 242 g/mol. The second-order valence-corrected chi connectivity index (χ2v) is 4.68. The van der Waals surface area contributed by atoms with E-state index in [4.69, 9.17) is 5.11 Å². The maximum absolute atomic E-state index is 11.6. The molecule has 0 saturated carbocycles. The molecule has 0 bridgehead atoms. The lowest BCUT2D eigenvalue weighted by Gasteiger charge is -2.08. The Morgan fingerprint density at radius 1 is 1.16 bits per heavy atom. The van der Waals surface area contributed by atoms with Crippen molar-refractivity contribution in [2.24, 2.45) is 0 Å². The number of hydrogen-bond donors (Lipinski definition) is 2. The summed E-state index contributed by atoms with van der Waals surface area (Å²) in [5, 5.41) is 9.13. The number of pyridine rings is 1. The molecule has 1 aromatic heterocycles. The Kier molecular flexibility index (Phi) is 3.51. The van der Waals surface area contributed by atoms with Crippen LogP contribution in [0.1, 0.15) is 35.7 Å². The Hall–Kier alpha value is -2.36. The first kappa shape index (κ1) is 13.1. The minimum atomic E-state index is -1.22. The van der Waals surface area contributed by atoms with Gasteiger partial charge < -0.3 is 10.1 Å². The second kappa shape index (κ2) is 5.10. The van der Waals surface area contributed by atoms with E-state index < -0.39 is 11.5 Å². The number of aromatic carboxylic acids is 1. The maximum Gasteiger partial charge on any atom is 0.341 e. The molecule has 4 heteroatoms. The van der Waals surface area contributed by atoms with Gasteiger partial charge in [-0.2, -0.15) is 0 Å². The van der Waals surface area contributed by atoms with Crippen LogP contribution in [0.4, 0.5) is 0 Å². The summed E-state index contributed by atoms with van der Waals surface area (Å²) in [5.74, 6) is -0.808. The van der Waals surface area contributed by atoms with Gasteiger partial charge in [0.1, 0.15) is 5.56 Å². The van der Waals surface area contributed by atoms with Crippen molar-refractivity contribution in [3.8, 4) is 11.1 Å². The van der Waals surface area contributed by atoms with Crippen molar-refractivity contribution in [3.05, 3.63) is 58.0 Å². The Balaban J connectivity index is 2.56. The summed E-state index contributed by atoms with van der Waals surface area (Å²) in [4.78, 5) is 25.1. The maximum atomic E-state index is 11.6. The van der Waals surface area contributed by atoms with Crippen molar-refractivity contribution in [3.63, 3.8) is 0 Å². The van der Waals surface area contributed by atoms with Crippen LogP contribution in [-0.2, 0) is 0 Å². The summed E-state index contributed by atoms with van der Waals surface area (Å²) < 4.78 is 0. The molecule has 0 radical (unpaired) electrons. The molecule has 19 heavy (non-hydrogen) atoms. The molecule has 0 aliphatic carbocycles. The van der Waals surface area contributed by atoms with Gasteiger partial charge in [-0.1, -0.05) is 38.1 Å². The normalized spacial score (nSPS) is 10.7. The van der Waals surface area contributed by atoms with Gasteiger partial charge in [-0.3, -0.25) is 4.79 Å². The molecule has 0 amide bonds. The molecule has 0 aliphatic rings. The summed E-state index contributed by atoms with van der Waals surface area (Å²) in [7, 11) is 0. The van der Waals surface area contributed by atoms with Crippen LogP contribution in [0.2, 0.25) is 0 Å². The highest BCUT2D eigenvalue weighted by Crippen LogP contribution is 2.23. The minimum absolute atomic E-state index is 0.222. The summed E-state index contributed by atoms with van der Waals surface area (Å²) in [5.41, 5.74) is 1.53. The molecule has 0 aliphatic heterocycles. The highest BCUT2D eigenvalue weighted by atomic mass is 16.4. The molecule has 0 fully saturated rings. The van der Waals surface area contributed by atoms with Crippen LogP contribution in [0.5, 0.6) is 0 Å². The smallest absolute Gasteiger partial charge is 0.341 e. The molecule has 98 valence electrons. The van der Waals surface area contributed by atoms with Crippen molar-refractivity contribution in [1.82, 2.24) is 4.98 Å². The number of aromatic nitrogens is 1. The van der Waals surface area contributed by atoms with Gasteiger partial charge in [-0.05, 0) is 23.1 Å². The third kappa shape index (κ3) is 2.57. The van der Waals surface area contributed by atoms with E-state index >= 15 is 0 Å². The van der Waals surface area contributed by atoms with Gasteiger partial charge in [0.15, 0.2) is 0 Å². The first-order valence-electron chi connectivity index (χ1n) is 6.06. The van der Waals surface area contributed by atoms with E-state index in [-0.39, 0.29) is 5.56 Å². The second-order valence-electron chi connectivity index (χ2n) is 4.68. The number of nitrogens with one attached hydrogen (secondary N) is 1. The van der Waals surface area contributed by atoms with Gasteiger partial charge in [-0.25, -0.2) is 4.79 Å². The van der Waals surface area contributed by atoms with E-state index in [0.717, 1.165) is 5.56 Å². The predicted molar refractivity (Wildman–Crippen MR) is 73.5 cm³/mol. The SMILES string of the molecule is CC(C)c1ccc(-c2cc[nH]c(=O)c2C(=O)O)cc1. The largest absolute Gasteiger partial charge is 0.477 e. The Morgan fingerprint density at radius 2 is 1.79 bits per heavy atom. The monoisotopic (exact) mass is 257 g/mol. The number of H-pyrrole nitrogens is 1. The lowest BCUT2D eigenvalue weighted by atomic mass is 9.97. The minimum Gasteiger partial charge on any atom is -0.477 e. The molecule has 0 atom stereocenters. The molecule has 0 spiro atoms. The molecule has 2 rings (SSSR count). The molecule has 2 aromatic rings. The standard InChI is InChI=1S/C15H15NO3/c1-9(2)10-3-5-11(6-4-10)12-7-8-16-14(17)13(12)15(18)19/h3-9H,1-2H3,(H,16,17)(H,18,19). The number of carboxylic acids is 1. The van der Waals surface area contributed by atoms with Crippen LogP contribution in [0.25, 0.3) is 11.1 Å². The van der Waals surface area contributed by atoms with Gasteiger partial charge in [0, 0.05) is 11.8 Å². The average molecular weight is 257 g/mol. The number of rotatable bonds is 3. The summed E-state index contributed by atoms with van der Waals surface area (Å²) in [6, 6.07) is 9.20. The Bertz CT molecular complexity index is 654. The zero-order valence-corrected chi connectivity index (χ0v) is 10.8. The first-order chi connectivity index (χ1) is 9.00. The fraction of sp³-hybridized carbons (Fsp3) is 0.200. The lowest BCUT2D eigenvalue weighted by Crippen LogP contribution is -2.18. The summed E-state index contributed by atoms with van der Waals surface area (Å²) >= 11 is 0. The van der Waals surface area contributed by atoms with Crippen molar-refractivity contribution >= 4 is 5.97 Å². The van der Waals surface area contributed by atoms with E-state index in [1.165, 1.54) is 11.8 Å². The zero-order chi connectivity index (χ0) is 14.0. The van der Waals surface area contributed by atoms with E-state index in [1.807, 2.05) is 24.3 Å². The third-order valence-corrected chi connectivity index (χ3v) is 3.06. The molecular formula is C15H15NO3. The molecule has 1 heterocycles. The summed E-state index contributed by atoms with van der Waals surface area (Å²) in [6.45, 7) is 4.18. The zero-order valence-electron chi connectivity index (χ0n) is 10.8. The van der Waals surface area contributed by atoms with E-state index in [2.05, 4.69) is 18.8 Å². The molecule has 4 nitrogen and oxygen atoms in total. The van der Waals surface area contributed by atoms with Gasteiger partial charge in [0.2, 0.25) is 0 Å². The Labute approximate surface area is 110 Å². The average Bonchev–Trinajstić information content (AvgIpc) is 2.38. The van der Waals surface area contributed by atoms with Crippen molar-refractivity contribution in [1.29, 1.82) is 0 Å². The van der Waals surface area contributed by atoms with Gasteiger partial charge in [-0.15, -0.1) is 0 Å². The molecule has 1 aromatic carbocycles. The highest BCUT2D eigenvalue weighted by molar-refractivity contribution is 5.95. The predicted octanol–water partition coefficient (Wildman–Crippen LogP) is 2.86. The molecule has 0 unspecified atom stereocenters. The van der Waals surface area contributed by atoms with Crippen LogP contribution in [-0.4, -0.2) is 16.1 Å². The number of hydrogen-bond acceptors (Lipinski definition) is 2. The van der Waals surface area contributed by atoms with Crippen LogP contribution in [0.15, 0.2) is 41.3 Å². The van der Waals surface area contributed by atoms with Crippen LogP contribution in [0.3, 0.4) is 0 Å². The quantitative estimate of drug-likeness (QED) is 0.888. The fourth-order valence-electron chi connectivity index (χ4n) is 1.98. The molecule has 2 N–H and O–H groups in total. The number of carboxylic acid groups (broad SMARTS) is 1. The van der Waals surface area contributed by atoms with Crippen LogP contribution in [0, 0.1) is 0 Å².